The van der Waals surface area contributed by atoms with Crippen molar-refractivity contribution in [3.05, 3.63) is 12.7 Å². The third-order valence-electron chi connectivity index (χ3n) is 1.10. The Bertz CT molecular complexity index is 117. The number of hydrogen-bond acceptors (Lipinski definition) is 5. The number of rotatable bonds is 7. The molecule has 5 nitrogen and oxygen atoms in total. The molecule has 0 radical (unpaired) electrons. The van der Waals surface area contributed by atoms with Crippen molar-refractivity contribution in [2.24, 2.45) is 0 Å². The predicted octanol–water partition coefficient (Wildman–Crippen LogP) is 0.495. The summed E-state index contributed by atoms with van der Waals surface area (Å²) in [5.74, 6) is 0. The monoisotopic (exact) mass is 194 g/mol. The second kappa shape index (κ2) is 6.29. The topological polar surface area (TPSA) is 46.2 Å². The summed E-state index contributed by atoms with van der Waals surface area (Å²) in [6, 6.07) is 0. The molecule has 0 heterocycles. The first-order valence-electron chi connectivity index (χ1n) is 3.31. The van der Waals surface area contributed by atoms with Gasteiger partial charge >= 0.3 is 9.05 Å². The van der Waals surface area contributed by atoms with Crippen LogP contribution in [0.2, 0.25) is 0 Å². The Morgan fingerprint density at radius 1 is 1.17 bits per heavy atom. The van der Waals surface area contributed by atoms with E-state index in [-0.39, 0.29) is 6.61 Å². The fourth-order valence-electron chi connectivity index (χ4n) is 0.506. The Morgan fingerprint density at radius 2 is 1.67 bits per heavy atom. The van der Waals surface area contributed by atoms with Crippen molar-refractivity contribution in [3.8, 4) is 0 Å². The molecule has 0 atom stereocenters. The molecule has 0 amide bonds. The molecule has 0 aliphatic heterocycles. The largest absolute Gasteiger partial charge is 0.707 e. The summed E-state index contributed by atoms with van der Waals surface area (Å²) in [6.07, 6.45) is 1.54. The maximum atomic E-state index is 4.90. The molecule has 0 unspecified atom stereocenters. The van der Waals surface area contributed by atoms with Crippen LogP contribution in [-0.4, -0.2) is 37.0 Å². The van der Waals surface area contributed by atoms with E-state index in [1.165, 1.54) is 21.3 Å². The summed E-state index contributed by atoms with van der Waals surface area (Å²) in [5.41, 5.74) is 0. The molecule has 0 saturated carbocycles. The quantitative estimate of drug-likeness (QED) is 0.194. The minimum atomic E-state index is -3.02. The van der Waals surface area contributed by atoms with Gasteiger partial charge in [0.1, 0.15) is 0 Å². The van der Waals surface area contributed by atoms with Gasteiger partial charge in [0.25, 0.3) is 0 Å². The van der Waals surface area contributed by atoms with Gasteiger partial charge in [-0.2, -0.15) is 4.58 Å². The van der Waals surface area contributed by atoms with E-state index in [4.69, 9.17) is 17.9 Å². The minimum Gasteiger partial charge on any atom is -0.353 e. The van der Waals surface area contributed by atoms with Crippen LogP contribution in [0.4, 0.5) is 0 Å². The Balaban J connectivity index is 3.84. The Kier molecular flexibility index (Phi) is 6.16. The van der Waals surface area contributed by atoms with Crippen molar-refractivity contribution in [3.63, 3.8) is 0 Å². The van der Waals surface area contributed by atoms with Crippen LogP contribution in [0.3, 0.4) is 0 Å². The van der Waals surface area contributed by atoms with E-state index in [1.54, 1.807) is 6.08 Å². The van der Waals surface area contributed by atoms with Crippen LogP contribution in [0, 0.1) is 0 Å². The second-order valence-corrected chi connectivity index (χ2v) is 4.16. The van der Waals surface area contributed by atoms with Gasteiger partial charge in [-0.05, 0) is 0 Å². The van der Waals surface area contributed by atoms with Crippen molar-refractivity contribution in [2.45, 2.75) is 0 Å². The molecule has 0 aromatic heterocycles. The lowest BCUT2D eigenvalue weighted by atomic mass is 10.7. The highest BCUT2D eigenvalue weighted by atomic mass is 28.4. The summed E-state index contributed by atoms with van der Waals surface area (Å²) in [7, 11) is 1.26. The van der Waals surface area contributed by atoms with Crippen molar-refractivity contribution in [1.82, 2.24) is 0 Å². The molecular weight excluding hydrogens is 180 g/mol. The highest BCUT2D eigenvalue weighted by molar-refractivity contribution is 6.53. The molecule has 72 valence electrons. The van der Waals surface area contributed by atoms with Gasteiger partial charge < -0.3 is 13.3 Å². The molecule has 0 aromatic carbocycles. The summed E-state index contributed by atoms with van der Waals surface area (Å²) in [6.45, 7) is 3.70. The molecule has 0 N–H and O–H groups in total. The third kappa shape index (κ3) is 3.44. The molecular formula is C6H14O5Si. The Morgan fingerprint density at radius 3 is 2.00 bits per heavy atom. The lowest BCUT2D eigenvalue weighted by molar-refractivity contribution is -0.260. The van der Waals surface area contributed by atoms with E-state index in [1.807, 2.05) is 0 Å². The van der Waals surface area contributed by atoms with E-state index >= 15 is 0 Å². The molecule has 0 rings (SSSR count). The molecule has 6 heteroatoms. The van der Waals surface area contributed by atoms with Crippen LogP contribution in [-0.2, 0) is 22.7 Å². The molecule has 0 saturated heterocycles. The highest BCUT2D eigenvalue weighted by Crippen LogP contribution is 2.07. The van der Waals surface area contributed by atoms with E-state index in [0.29, 0.717) is 0 Å². The maximum Gasteiger partial charge on any atom is 0.707 e. The molecule has 0 aliphatic rings. The van der Waals surface area contributed by atoms with Crippen LogP contribution in [0.1, 0.15) is 0 Å². The zero-order chi connectivity index (χ0) is 9.45. The average Bonchev–Trinajstić information content (AvgIpc) is 2.14. The normalized spacial score (nSPS) is 11.6. The van der Waals surface area contributed by atoms with E-state index < -0.39 is 9.05 Å². The fraction of sp³-hybridized carbons (Fsp3) is 0.667. The van der Waals surface area contributed by atoms with Gasteiger partial charge in [0.05, 0.1) is 6.61 Å². The van der Waals surface area contributed by atoms with Crippen LogP contribution >= 0.6 is 0 Å². The summed E-state index contributed by atoms with van der Waals surface area (Å²) in [4.78, 5) is 4.69. The van der Waals surface area contributed by atoms with Crippen LogP contribution < -0.4 is 0 Å². The molecule has 0 bridgehead atoms. The summed E-state index contributed by atoms with van der Waals surface area (Å²) in [5, 5.41) is 0. The first-order valence-corrected chi connectivity index (χ1v) is 4.95. The molecule has 0 aromatic rings. The van der Waals surface area contributed by atoms with Gasteiger partial charge in [0, 0.05) is 21.3 Å². The predicted molar refractivity (Wildman–Crippen MR) is 44.0 cm³/mol. The van der Waals surface area contributed by atoms with Crippen molar-refractivity contribution in [2.75, 3.05) is 27.9 Å². The van der Waals surface area contributed by atoms with E-state index in [0.717, 1.165) is 0 Å². The Hall–Kier alpha value is -0.243. The zero-order valence-electron chi connectivity index (χ0n) is 7.53. The summed E-state index contributed by atoms with van der Waals surface area (Å²) < 4.78 is 19.5. The smallest absolute Gasteiger partial charge is 0.353 e. The molecule has 12 heavy (non-hydrogen) atoms. The second-order valence-electron chi connectivity index (χ2n) is 1.77. The number of hydrogen-bond donors (Lipinski definition) is 0. The van der Waals surface area contributed by atoms with E-state index in [2.05, 4.69) is 11.5 Å². The van der Waals surface area contributed by atoms with Crippen LogP contribution in [0.5, 0.6) is 0 Å². The van der Waals surface area contributed by atoms with Gasteiger partial charge in [0.2, 0.25) is 0 Å². The Labute approximate surface area is 73.2 Å². The zero-order valence-corrected chi connectivity index (χ0v) is 8.53. The van der Waals surface area contributed by atoms with E-state index in [9.17, 15) is 0 Å². The van der Waals surface area contributed by atoms with Gasteiger partial charge in [-0.3, -0.25) is 0 Å². The van der Waals surface area contributed by atoms with Crippen LogP contribution in [0.25, 0.3) is 0 Å². The molecule has 0 aliphatic carbocycles. The van der Waals surface area contributed by atoms with Crippen molar-refractivity contribution >= 4 is 9.05 Å². The molecule has 0 fully saturated rings. The highest BCUT2D eigenvalue weighted by Gasteiger charge is 2.44. The van der Waals surface area contributed by atoms with Gasteiger partial charge in [-0.15, -0.1) is 6.58 Å². The van der Waals surface area contributed by atoms with Crippen molar-refractivity contribution in [1.29, 1.82) is 0 Å². The maximum absolute atomic E-state index is 4.90. The standard InChI is InChI=1S/C6H14O5Si/c1-5-6-10-11-12(7-2,8-3)9-4/h5H,1,6H2,2-4H3. The van der Waals surface area contributed by atoms with Crippen LogP contribution in [0.15, 0.2) is 12.7 Å². The van der Waals surface area contributed by atoms with Gasteiger partial charge in [0.15, 0.2) is 0 Å². The lowest BCUT2D eigenvalue weighted by Gasteiger charge is -2.20. The summed E-state index contributed by atoms with van der Waals surface area (Å²) >= 11 is 0. The molecule has 0 spiro atoms. The van der Waals surface area contributed by atoms with Crippen molar-refractivity contribution < 1.29 is 22.7 Å². The third-order valence-corrected chi connectivity index (χ3v) is 2.92. The first kappa shape index (κ1) is 11.8. The first-order chi connectivity index (χ1) is 5.74. The van der Waals surface area contributed by atoms with Gasteiger partial charge in [-0.1, -0.05) is 6.08 Å². The minimum absolute atomic E-state index is 0.255. The SMILES string of the molecule is C=CCOO[Si](OC)(OC)OC. The lowest BCUT2D eigenvalue weighted by Crippen LogP contribution is -2.46. The fourth-order valence-corrected chi connectivity index (χ4v) is 1.42. The van der Waals surface area contributed by atoms with Gasteiger partial charge in [-0.25, -0.2) is 4.89 Å². The average molecular weight is 194 g/mol.